The van der Waals surface area contributed by atoms with Crippen molar-refractivity contribution in [1.29, 1.82) is 5.26 Å². The van der Waals surface area contributed by atoms with Crippen LogP contribution < -0.4 is 20.7 Å². The Bertz CT molecular complexity index is 1100. The van der Waals surface area contributed by atoms with E-state index in [-0.39, 0.29) is 5.69 Å². The van der Waals surface area contributed by atoms with Crippen LogP contribution in [0.15, 0.2) is 30.6 Å². The predicted molar refractivity (Wildman–Crippen MR) is 102 cm³/mol. The summed E-state index contributed by atoms with van der Waals surface area (Å²) < 4.78 is 6.70. The van der Waals surface area contributed by atoms with Gasteiger partial charge in [-0.25, -0.2) is 14.5 Å². The number of hydrogen-bond acceptors (Lipinski definition) is 8. The van der Waals surface area contributed by atoms with Gasteiger partial charge in [-0.05, 0) is 25.0 Å². The molecule has 0 aliphatic heterocycles. The lowest BCUT2D eigenvalue weighted by atomic mass is 10.3. The molecule has 1 fully saturated rings. The van der Waals surface area contributed by atoms with Crippen LogP contribution in [0, 0.1) is 11.3 Å². The summed E-state index contributed by atoms with van der Waals surface area (Å²) in [5, 5.41) is 22.7. The average Bonchev–Trinajstić information content (AvgIpc) is 3.36. The summed E-state index contributed by atoms with van der Waals surface area (Å²) in [6.45, 7) is 0. The minimum atomic E-state index is -0.772. The highest BCUT2D eigenvalue weighted by atomic mass is 16.5. The van der Waals surface area contributed by atoms with Gasteiger partial charge in [0.2, 0.25) is 5.88 Å². The zero-order valence-electron chi connectivity index (χ0n) is 15.4. The first-order chi connectivity index (χ1) is 13.6. The van der Waals surface area contributed by atoms with Crippen molar-refractivity contribution < 1.29 is 9.53 Å². The standard InChI is InChI=1S/C18H18N8O2/c1-20-12-8-14(23-11-4-3-7-21-17(11)28-2)25-26-13(9-22-15(12)26)16(27)24-18(10-19)5-6-18/h3-4,7-9,20H,5-6H2,1-2H3,(H,23,25)(H,24,27). The molecule has 0 bridgehead atoms. The first kappa shape index (κ1) is 17.5. The number of aromatic nitrogens is 4. The average molecular weight is 378 g/mol. The number of nitriles is 1. The minimum Gasteiger partial charge on any atom is -0.480 e. The molecule has 1 aliphatic carbocycles. The first-order valence-corrected chi connectivity index (χ1v) is 8.65. The highest BCUT2D eigenvalue weighted by molar-refractivity contribution is 5.95. The van der Waals surface area contributed by atoms with Crippen molar-refractivity contribution in [2.75, 3.05) is 24.8 Å². The predicted octanol–water partition coefficient (Wildman–Crippen LogP) is 1.70. The van der Waals surface area contributed by atoms with Crippen molar-refractivity contribution in [1.82, 2.24) is 24.9 Å². The SMILES string of the molecule is CNc1cc(Nc2cccnc2OC)nn2c(C(=O)NC3(C#N)CC3)cnc12. The van der Waals surface area contributed by atoms with Crippen LogP contribution in [0.3, 0.4) is 0 Å². The lowest BCUT2D eigenvalue weighted by molar-refractivity contribution is 0.0934. The fourth-order valence-electron chi connectivity index (χ4n) is 2.83. The number of rotatable bonds is 6. The molecule has 0 spiro atoms. The Balaban J connectivity index is 1.73. The van der Waals surface area contributed by atoms with E-state index in [2.05, 4.69) is 37.1 Å². The van der Waals surface area contributed by atoms with E-state index in [0.29, 0.717) is 41.6 Å². The molecule has 28 heavy (non-hydrogen) atoms. The molecule has 10 heteroatoms. The molecule has 3 N–H and O–H groups in total. The Labute approximate surface area is 160 Å². The largest absolute Gasteiger partial charge is 0.480 e. The van der Waals surface area contributed by atoms with Crippen molar-refractivity contribution in [2.24, 2.45) is 0 Å². The second-order valence-corrected chi connectivity index (χ2v) is 6.41. The highest BCUT2D eigenvalue weighted by Crippen LogP contribution is 2.34. The van der Waals surface area contributed by atoms with Gasteiger partial charge in [0.15, 0.2) is 17.2 Å². The zero-order valence-corrected chi connectivity index (χ0v) is 15.4. The maximum absolute atomic E-state index is 12.7. The summed E-state index contributed by atoms with van der Waals surface area (Å²) in [6.07, 6.45) is 4.37. The molecular weight excluding hydrogens is 360 g/mol. The van der Waals surface area contributed by atoms with Gasteiger partial charge in [0.1, 0.15) is 11.2 Å². The summed E-state index contributed by atoms with van der Waals surface area (Å²) in [4.78, 5) is 21.1. The van der Waals surface area contributed by atoms with Gasteiger partial charge in [0, 0.05) is 19.3 Å². The van der Waals surface area contributed by atoms with Gasteiger partial charge in [-0.1, -0.05) is 0 Å². The van der Waals surface area contributed by atoms with E-state index < -0.39 is 11.4 Å². The summed E-state index contributed by atoms with van der Waals surface area (Å²) in [7, 11) is 3.29. The first-order valence-electron chi connectivity index (χ1n) is 8.65. The number of carbonyl (C=O) groups is 1. The van der Waals surface area contributed by atoms with Gasteiger partial charge in [-0.2, -0.15) is 5.26 Å². The van der Waals surface area contributed by atoms with Crippen LogP contribution in [0.1, 0.15) is 23.3 Å². The highest BCUT2D eigenvalue weighted by Gasteiger charge is 2.45. The number of hydrogen-bond donors (Lipinski definition) is 3. The summed E-state index contributed by atoms with van der Waals surface area (Å²) in [5.41, 5.74) is 1.28. The number of pyridine rings is 1. The Morgan fingerprint density at radius 1 is 1.36 bits per heavy atom. The van der Waals surface area contributed by atoms with Crippen LogP contribution >= 0.6 is 0 Å². The number of ether oxygens (including phenoxy) is 1. The second kappa shape index (κ2) is 6.70. The number of imidazole rings is 1. The number of anilines is 3. The van der Waals surface area contributed by atoms with Crippen LogP contribution in [-0.4, -0.2) is 45.2 Å². The normalized spacial score (nSPS) is 14.2. The molecular formula is C18H18N8O2. The number of carbonyl (C=O) groups excluding carboxylic acids is 1. The number of methoxy groups -OCH3 is 1. The lowest BCUT2D eigenvalue weighted by Gasteiger charge is -2.12. The topological polar surface area (TPSA) is 129 Å². The fourth-order valence-corrected chi connectivity index (χ4v) is 2.83. The maximum atomic E-state index is 12.7. The molecule has 0 atom stereocenters. The molecule has 3 aromatic heterocycles. The molecule has 1 saturated carbocycles. The van der Waals surface area contributed by atoms with Gasteiger partial charge in [-0.15, -0.1) is 5.10 Å². The molecule has 0 unspecified atom stereocenters. The third-order valence-electron chi connectivity index (χ3n) is 4.51. The van der Waals surface area contributed by atoms with E-state index >= 15 is 0 Å². The van der Waals surface area contributed by atoms with Crippen LogP contribution in [0.25, 0.3) is 5.65 Å². The second-order valence-electron chi connectivity index (χ2n) is 6.41. The smallest absolute Gasteiger partial charge is 0.272 e. The monoisotopic (exact) mass is 378 g/mol. The van der Waals surface area contributed by atoms with Crippen LogP contribution in [-0.2, 0) is 0 Å². The molecule has 0 aromatic carbocycles. The number of amides is 1. The molecule has 0 saturated heterocycles. The van der Waals surface area contributed by atoms with Crippen molar-refractivity contribution in [2.45, 2.75) is 18.4 Å². The summed E-state index contributed by atoms with van der Waals surface area (Å²) in [6, 6.07) is 7.50. The van der Waals surface area contributed by atoms with Crippen LogP contribution in [0.2, 0.25) is 0 Å². The van der Waals surface area contributed by atoms with E-state index in [0.717, 1.165) is 0 Å². The van der Waals surface area contributed by atoms with Crippen molar-refractivity contribution in [3.8, 4) is 11.9 Å². The zero-order chi connectivity index (χ0) is 19.7. The lowest BCUT2D eigenvalue weighted by Crippen LogP contribution is -2.36. The molecule has 10 nitrogen and oxygen atoms in total. The molecule has 3 heterocycles. The van der Waals surface area contributed by atoms with Crippen molar-refractivity contribution in [3.05, 3.63) is 36.3 Å². The molecule has 1 amide bonds. The number of nitrogens with zero attached hydrogens (tertiary/aromatic N) is 5. The van der Waals surface area contributed by atoms with E-state index in [1.54, 1.807) is 25.4 Å². The van der Waals surface area contributed by atoms with E-state index in [9.17, 15) is 10.1 Å². The van der Waals surface area contributed by atoms with Crippen molar-refractivity contribution >= 4 is 28.7 Å². The van der Waals surface area contributed by atoms with Crippen LogP contribution in [0.4, 0.5) is 17.2 Å². The molecule has 3 aromatic rings. The number of nitrogens with one attached hydrogen (secondary N) is 3. The maximum Gasteiger partial charge on any atom is 0.272 e. The molecule has 0 radical (unpaired) electrons. The van der Waals surface area contributed by atoms with Gasteiger partial charge >= 0.3 is 0 Å². The van der Waals surface area contributed by atoms with Crippen LogP contribution in [0.5, 0.6) is 5.88 Å². The van der Waals surface area contributed by atoms with Gasteiger partial charge in [0.25, 0.3) is 5.91 Å². The third-order valence-corrected chi connectivity index (χ3v) is 4.51. The summed E-state index contributed by atoms with van der Waals surface area (Å²) in [5.74, 6) is 0.498. The van der Waals surface area contributed by atoms with Gasteiger partial charge in [0.05, 0.1) is 25.1 Å². The molecule has 4 rings (SSSR count). The Morgan fingerprint density at radius 2 is 2.18 bits per heavy atom. The molecule has 1 aliphatic rings. The minimum absolute atomic E-state index is 0.245. The van der Waals surface area contributed by atoms with E-state index in [1.807, 2.05) is 6.07 Å². The Morgan fingerprint density at radius 3 is 2.86 bits per heavy atom. The quantitative estimate of drug-likeness (QED) is 0.591. The molecule has 142 valence electrons. The van der Waals surface area contributed by atoms with E-state index in [1.165, 1.54) is 17.8 Å². The van der Waals surface area contributed by atoms with Gasteiger partial charge in [-0.3, -0.25) is 4.79 Å². The van der Waals surface area contributed by atoms with E-state index in [4.69, 9.17) is 4.74 Å². The summed E-state index contributed by atoms with van der Waals surface area (Å²) >= 11 is 0. The van der Waals surface area contributed by atoms with Gasteiger partial charge < -0.3 is 20.7 Å². The fraction of sp³-hybridized carbons (Fsp3) is 0.278. The third kappa shape index (κ3) is 3.03. The number of fused-ring (bicyclic) bond motifs is 1. The Kier molecular flexibility index (Phi) is 4.19. The Hall–Kier alpha value is -3.87. The van der Waals surface area contributed by atoms with Crippen molar-refractivity contribution in [3.63, 3.8) is 0 Å².